The fourth-order valence-electron chi connectivity index (χ4n) is 4.80. The van der Waals surface area contributed by atoms with Crippen LogP contribution in [0.3, 0.4) is 0 Å². The van der Waals surface area contributed by atoms with Crippen LogP contribution >= 0.6 is 0 Å². The first kappa shape index (κ1) is 20.4. The number of aryl methyl sites for hydroxylation is 2. The summed E-state index contributed by atoms with van der Waals surface area (Å²) >= 11 is 0. The van der Waals surface area contributed by atoms with Crippen molar-refractivity contribution >= 4 is 21.9 Å². The van der Waals surface area contributed by atoms with E-state index < -0.39 is 0 Å². The van der Waals surface area contributed by atoms with Gasteiger partial charge in [0.25, 0.3) is 0 Å². The lowest BCUT2D eigenvalue weighted by Crippen LogP contribution is -2.30. The molecule has 2 heterocycles. The zero-order chi connectivity index (χ0) is 23.2. The van der Waals surface area contributed by atoms with E-state index in [-0.39, 0.29) is 5.82 Å². The minimum absolute atomic E-state index is 0.273. The Morgan fingerprint density at radius 1 is 0.676 bits per heavy atom. The third-order valence-corrected chi connectivity index (χ3v) is 6.56. The Hall–Kier alpha value is -4.24. The van der Waals surface area contributed by atoms with E-state index in [2.05, 4.69) is 54.0 Å². The molecule has 0 aliphatic heterocycles. The summed E-state index contributed by atoms with van der Waals surface area (Å²) in [6.45, 7) is 2.06. The summed E-state index contributed by atoms with van der Waals surface area (Å²) in [6.07, 6.45) is 2.01. The molecule has 4 aromatic carbocycles. The summed E-state index contributed by atoms with van der Waals surface area (Å²) in [5, 5.41) is 1.32. The zero-order valence-electron chi connectivity index (χ0n) is 19.0. The van der Waals surface area contributed by atoms with Gasteiger partial charge in [0, 0.05) is 23.1 Å². The van der Waals surface area contributed by atoms with Crippen molar-refractivity contribution in [2.24, 2.45) is 7.05 Å². The molecule has 2 nitrogen and oxygen atoms in total. The molecule has 2 aromatic heterocycles. The topological polar surface area (TPSA) is 17.0 Å². The Labute approximate surface area is 197 Å². The summed E-state index contributed by atoms with van der Waals surface area (Å²) < 4.78 is 23.7. The third kappa shape index (κ3) is 3.20. The lowest BCUT2D eigenvalue weighted by atomic mass is 9.97. The molecular formula is C31H23FNO+. The number of halogens is 1. The van der Waals surface area contributed by atoms with Crippen molar-refractivity contribution < 1.29 is 13.4 Å². The monoisotopic (exact) mass is 444 g/mol. The first-order valence-electron chi connectivity index (χ1n) is 11.4. The highest BCUT2D eigenvalue weighted by molar-refractivity contribution is 6.13. The van der Waals surface area contributed by atoms with Crippen LogP contribution in [0.25, 0.3) is 55.4 Å². The maximum Gasteiger partial charge on any atom is 0.216 e. The van der Waals surface area contributed by atoms with Gasteiger partial charge in [0.15, 0.2) is 6.20 Å². The maximum absolute atomic E-state index is 15.2. The molecule has 6 rings (SSSR count). The van der Waals surface area contributed by atoms with Crippen LogP contribution in [-0.2, 0) is 7.05 Å². The number of nitrogens with zero attached hydrogens (tertiary/aromatic N) is 1. The second kappa shape index (κ2) is 7.96. The van der Waals surface area contributed by atoms with Crippen molar-refractivity contribution in [2.75, 3.05) is 0 Å². The Morgan fingerprint density at radius 3 is 2.15 bits per heavy atom. The van der Waals surface area contributed by atoms with Gasteiger partial charge in [0.05, 0.1) is 10.9 Å². The molecule has 0 N–H and O–H groups in total. The van der Waals surface area contributed by atoms with Gasteiger partial charge in [-0.25, -0.2) is 8.96 Å². The standard InChI is InChI=1S/C31H23FNO/c1-20-11-16-25-29-26(32)18-17-24(23-14-12-22(13-15-23)21-8-4-3-5-9-21)30(29)34-31(25)28(20)27-10-6-7-19-33(27)2/h3-19H,1-2H3/q+1. The molecule has 0 aliphatic rings. The van der Waals surface area contributed by atoms with Crippen molar-refractivity contribution in [1.82, 2.24) is 0 Å². The number of aromatic nitrogens is 1. The van der Waals surface area contributed by atoms with Crippen molar-refractivity contribution in [2.45, 2.75) is 6.92 Å². The van der Waals surface area contributed by atoms with E-state index in [0.29, 0.717) is 16.6 Å². The molecule has 0 fully saturated rings. The predicted molar refractivity (Wildman–Crippen MR) is 136 cm³/mol. The molecule has 0 aliphatic carbocycles. The van der Waals surface area contributed by atoms with Crippen LogP contribution in [0.15, 0.2) is 108 Å². The van der Waals surface area contributed by atoms with E-state index in [1.54, 1.807) is 6.07 Å². The van der Waals surface area contributed by atoms with E-state index >= 15 is 4.39 Å². The van der Waals surface area contributed by atoms with Gasteiger partial charge in [-0.1, -0.05) is 66.7 Å². The van der Waals surface area contributed by atoms with Gasteiger partial charge < -0.3 is 4.42 Å². The Kier molecular flexibility index (Phi) is 4.77. The molecular weight excluding hydrogens is 421 g/mol. The highest BCUT2D eigenvalue weighted by Gasteiger charge is 2.23. The van der Waals surface area contributed by atoms with Crippen molar-refractivity contribution in [3.05, 3.63) is 115 Å². The van der Waals surface area contributed by atoms with Gasteiger partial charge in [-0.3, -0.25) is 0 Å². The van der Waals surface area contributed by atoms with Crippen LogP contribution in [0.4, 0.5) is 4.39 Å². The summed E-state index contributed by atoms with van der Waals surface area (Å²) in [5.74, 6) is -0.273. The summed E-state index contributed by atoms with van der Waals surface area (Å²) in [4.78, 5) is 0. The number of pyridine rings is 1. The molecule has 0 unspecified atom stereocenters. The number of hydrogen-bond acceptors (Lipinski definition) is 1. The number of fused-ring (bicyclic) bond motifs is 3. The number of benzene rings is 4. The highest BCUT2D eigenvalue weighted by Crippen LogP contribution is 2.41. The van der Waals surface area contributed by atoms with E-state index in [0.717, 1.165) is 44.5 Å². The molecule has 0 atom stereocenters. The average molecular weight is 445 g/mol. The lowest BCUT2D eigenvalue weighted by molar-refractivity contribution is -0.660. The highest BCUT2D eigenvalue weighted by atomic mass is 19.1. The Bertz CT molecular complexity index is 1660. The number of furan rings is 1. The smallest absolute Gasteiger partial charge is 0.216 e. The van der Waals surface area contributed by atoms with Gasteiger partial charge in [-0.2, -0.15) is 0 Å². The van der Waals surface area contributed by atoms with Crippen molar-refractivity contribution in [3.63, 3.8) is 0 Å². The summed E-state index contributed by atoms with van der Waals surface area (Å²) in [5.41, 5.74) is 8.57. The fourth-order valence-corrected chi connectivity index (χ4v) is 4.80. The number of hydrogen-bond donors (Lipinski definition) is 0. The molecule has 0 saturated carbocycles. The minimum Gasteiger partial charge on any atom is -0.454 e. The molecule has 34 heavy (non-hydrogen) atoms. The average Bonchev–Trinajstić information content (AvgIpc) is 3.26. The molecule has 0 radical (unpaired) electrons. The third-order valence-electron chi connectivity index (χ3n) is 6.56. The normalized spacial score (nSPS) is 11.4. The zero-order valence-corrected chi connectivity index (χ0v) is 19.0. The van der Waals surface area contributed by atoms with Crippen LogP contribution in [0.2, 0.25) is 0 Å². The van der Waals surface area contributed by atoms with Crippen LogP contribution in [0, 0.1) is 12.7 Å². The molecule has 0 saturated heterocycles. The van der Waals surface area contributed by atoms with Gasteiger partial charge in [-0.15, -0.1) is 0 Å². The van der Waals surface area contributed by atoms with E-state index in [4.69, 9.17) is 4.42 Å². The molecule has 3 heteroatoms. The van der Waals surface area contributed by atoms with Crippen molar-refractivity contribution in [3.8, 4) is 33.5 Å². The Morgan fingerprint density at radius 2 is 1.38 bits per heavy atom. The van der Waals surface area contributed by atoms with Gasteiger partial charge in [0.1, 0.15) is 24.0 Å². The van der Waals surface area contributed by atoms with Gasteiger partial charge >= 0.3 is 0 Å². The molecule has 0 amide bonds. The number of rotatable bonds is 3. The van der Waals surface area contributed by atoms with Crippen LogP contribution < -0.4 is 4.57 Å². The van der Waals surface area contributed by atoms with Crippen molar-refractivity contribution in [1.29, 1.82) is 0 Å². The molecule has 164 valence electrons. The minimum atomic E-state index is -0.273. The van der Waals surface area contributed by atoms with E-state index in [9.17, 15) is 0 Å². The Balaban J connectivity index is 1.58. The fraction of sp³-hybridized carbons (Fsp3) is 0.0645. The van der Waals surface area contributed by atoms with Crippen LogP contribution in [-0.4, -0.2) is 0 Å². The van der Waals surface area contributed by atoms with Gasteiger partial charge in [-0.05, 0) is 47.4 Å². The second-order valence-corrected chi connectivity index (χ2v) is 8.68. The molecule has 0 bridgehead atoms. The SMILES string of the molecule is Cc1ccc2c(oc3c(-c4ccc(-c5ccccc5)cc4)ccc(F)c32)c1-c1cccc[n+]1C. The van der Waals surface area contributed by atoms with E-state index in [1.807, 2.05) is 61.8 Å². The first-order chi connectivity index (χ1) is 16.6. The van der Waals surface area contributed by atoms with Gasteiger partial charge in [0.2, 0.25) is 5.69 Å². The van der Waals surface area contributed by atoms with Crippen LogP contribution in [0.5, 0.6) is 0 Å². The summed E-state index contributed by atoms with van der Waals surface area (Å²) in [7, 11) is 2.01. The molecule has 6 aromatic rings. The van der Waals surface area contributed by atoms with Crippen LogP contribution in [0.1, 0.15) is 5.56 Å². The molecule has 0 spiro atoms. The second-order valence-electron chi connectivity index (χ2n) is 8.68. The predicted octanol–water partition coefficient (Wildman–Crippen LogP) is 7.86. The quantitative estimate of drug-likeness (QED) is 0.254. The first-order valence-corrected chi connectivity index (χ1v) is 11.4. The lowest BCUT2D eigenvalue weighted by Gasteiger charge is -2.06. The maximum atomic E-state index is 15.2. The summed E-state index contributed by atoms with van der Waals surface area (Å²) in [6, 6.07) is 32.1. The van der Waals surface area contributed by atoms with E-state index in [1.165, 1.54) is 0 Å². The largest absolute Gasteiger partial charge is 0.454 e.